The van der Waals surface area contributed by atoms with Crippen molar-refractivity contribution in [1.82, 2.24) is 4.90 Å². The third-order valence-corrected chi connectivity index (χ3v) is 4.54. The van der Waals surface area contributed by atoms with Crippen molar-refractivity contribution in [1.29, 1.82) is 0 Å². The van der Waals surface area contributed by atoms with Crippen LogP contribution in [0.5, 0.6) is 0 Å². The second kappa shape index (κ2) is 7.31. The molecule has 1 aromatic carbocycles. The van der Waals surface area contributed by atoms with Crippen molar-refractivity contribution in [3.63, 3.8) is 0 Å². The van der Waals surface area contributed by atoms with Gasteiger partial charge < -0.3 is 14.7 Å². The zero-order chi connectivity index (χ0) is 16.1. The molecule has 0 radical (unpaired) electrons. The van der Waals surface area contributed by atoms with Crippen LogP contribution in [0.25, 0.3) is 0 Å². The number of β-lactam (4-membered cyclic amide) rings is 1. The average Bonchev–Trinajstić information content (AvgIpc) is 2.49. The molecule has 0 aliphatic carbocycles. The number of nitrogens with zero attached hydrogens (tertiary/aromatic N) is 1. The van der Waals surface area contributed by atoms with Gasteiger partial charge in [0.1, 0.15) is 6.54 Å². The summed E-state index contributed by atoms with van der Waals surface area (Å²) in [4.78, 5) is 34.9. The van der Waals surface area contributed by atoms with E-state index in [1.54, 1.807) is 19.1 Å². The molecule has 1 fully saturated rings. The summed E-state index contributed by atoms with van der Waals surface area (Å²) in [6.45, 7) is 1.84. The molecule has 0 spiro atoms. The van der Waals surface area contributed by atoms with Gasteiger partial charge in [0.25, 0.3) is 0 Å². The summed E-state index contributed by atoms with van der Waals surface area (Å²) in [6.07, 6.45) is 0.374. The number of likely N-dealkylation sites (tertiary alicyclic amines) is 1. The standard InChI is InChI=1S/C15H17NO5S/c1-2-21-15(20)11-5-3-10(4-6-11)9-22-13-7-12(17)16(13)8-14(18)19/h3-6,13H,2,7-9H2,1H3,(H,18,19). The number of carbonyl (C=O) groups excluding carboxylic acids is 2. The number of amides is 1. The van der Waals surface area contributed by atoms with E-state index in [4.69, 9.17) is 9.84 Å². The maximum absolute atomic E-state index is 11.5. The molecule has 1 aliphatic heterocycles. The highest BCUT2D eigenvalue weighted by Gasteiger charge is 2.37. The molecule has 0 bridgehead atoms. The zero-order valence-corrected chi connectivity index (χ0v) is 13.0. The van der Waals surface area contributed by atoms with Gasteiger partial charge in [-0.2, -0.15) is 0 Å². The van der Waals surface area contributed by atoms with E-state index in [0.29, 0.717) is 24.3 Å². The minimum Gasteiger partial charge on any atom is -0.480 e. The summed E-state index contributed by atoms with van der Waals surface area (Å²) >= 11 is 1.52. The molecule has 1 N–H and O–H groups in total. The minimum atomic E-state index is -1.00. The normalized spacial score (nSPS) is 17.0. The van der Waals surface area contributed by atoms with E-state index in [0.717, 1.165) is 5.56 Å². The number of thioether (sulfide) groups is 1. The third kappa shape index (κ3) is 4.00. The predicted molar refractivity (Wildman–Crippen MR) is 81.4 cm³/mol. The number of hydrogen-bond donors (Lipinski definition) is 1. The predicted octanol–water partition coefficient (Wildman–Crippen LogP) is 1.74. The third-order valence-electron chi connectivity index (χ3n) is 3.23. The summed E-state index contributed by atoms with van der Waals surface area (Å²) in [7, 11) is 0. The summed E-state index contributed by atoms with van der Waals surface area (Å²) in [5, 5.41) is 8.66. The van der Waals surface area contributed by atoms with Crippen LogP contribution in [0.4, 0.5) is 0 Å². The molecule has 1 aromatic rings. The van der Waals surface area contributed by atoms with E-state index in [-0.39, 0.29) is 23.8 Å². The van der Waals surface area contributed by atoms with Crippen molar-refractivity contribution in [2.24, 2.45) is 0 Å². The van der Waals surface area contributed by atoms with Crippen LogP contribution in [-0.4, -0.2) is 46.4 Å². The van der Waals surface area contributed by atoms with Crippen LogP contribution in [0, 0.1) is 0 Å². The summed E-state index contributed by atoms with van der Waals surface area (Å²) < 4.78 is 4.91. The number of carbonyl (C=O) groups is 3. The molecule has 1 heterocycles. The number of benzene rings is 1. The van der Waals surface area contributed by atoms with Gasteiger partial charge in [0.2, 0.25) is 5.91 Å². The largest absolute Gasteiger partial charge is 0.480 e. The Morgan fingerprint density at radius 3 is 2.59 bits per heavy atom. The number of ether oxygens (including phenoxy) is 1. The number of hydrogen-bond acceptors (Lipinski definition) is 5. The Bertz CT molecular complexity index is 572. The van der Waals surface area contributed by atoms with E-state index in [1.807, 2.05) is 12.1 Å². The fourth-order valence-electron chi connectivity index (χ4n) is 2.05. The van der Waals surface area contributed by atoms with Crippen molar-refractivity contribution in [2.75, 3.05) is 13.2 Å². The molecule has 1 unspecified atom stereocenters. The minimum absolute atomic E-state index is 0.0895. The Hall–Kier alpha value is -2.02. The van der Waals surface area contributed by atoms with Crippen molar-refractivity contribution in [3.8, 4) is 0 Å². The molecule has 1 aliphatic rings. The monoisotopic (exact) mass is 323 g/mol. The summed E-state index contributed by atoms with van der Waals surface area (Å²) in [5.74, 6) is -0.828. The van der Waals surface area contributed by atoms with Gasteiger partial charge >= 0.3 is 11.9 Å². The first-order chi connectivity index (χ1) is 10.5. The van der Waals surface area contributed by atoms with Crippen LogP contribution < -0.4 is 0 Å². The number of carboxylic acids is 1. The van der Waals surface area contributed by atoms with E-state index < -0.39 is 5.97 Å². The van der Waals surface area contributed by atoms with E-state index in [2.05, 4.69) is 0 Å². The Kier molecular flexibility index (Phi) is 5.43. The quantitative estimate of drug-likeness (QED) is 0.608. The van der Waals surface area contributed by atoms with Gasteiger partial charge in [-0.05, 0) is 24.6 Å². The lowest BCUT2D eigenvalue weighted by Gasteiger charge is -2.38. The molecule has 1 amide bonds. The van der Waals surface area contributed by atoms with Crippen molar-refractivity contribution >= 4 is 29.6 Å². The van der Waals surface area contributed by atoms with Crippen LogP contribution in [0.1, 0.15) is 29.3 Å². The van der Waals surface area contributed by atoms with Gasteiger partial charge in [-0.15, -0.1) is 11.8 Å². The lowest BCUT2D eigenvalue weighted by atomic mass is 10.1. The molecule has 0 saturated carbocycles. The first-order valence-electron chi connectivity index (χ1n) is 6.90. The zero-order valence-electron chi connectivity index (χ0n) is 12.2. The highest BCUT2D eigenvalue weighted by atomic mass is 32.2. The second-order valence-electron chi connectivity index (χ2n) is 4.80. The molecule has 1 saturated heterocycles. The van der Waals surface area contributed by atoms with Gasteiger partial charge in [0.05, 0.1) is 24.0 Å². The number of aliphatic carboxylic acids is 1. The van der Waals surface area contributed by atoms with Crippen molar-refractivity contribution in [3.05, 3.63) is 35.4 Å². The van der Waals surface area contributed by atoms with Gasteiger partial charge in [0.15, 0.2) is 0 Å². The summed E-state index contributed by atoms with van der Waals surface area (Å²) in [6, 6.07) is 7.08. The lowest BCUT2D eigenvalue weighted by molar-refractivity contribution is -0.151. The molecular weight excluding hydrogens is 306 g/mol. The van der Waals surface area contributed by atoms with Crippen LogP contribution in [0.2, 0.25) is 0 Å². The van der Waals surface area contributed by atoms with Gasteiger partial charge in [-0.25, -0.2) is 4.79 Å². The fourth-order valence-corrected chi connectivity index (χ4v) is 3.26. The fraction of sp³-hybridized carbons (Fsp3) is 0.400. The Labute approximate surface area is 132 Å². The van der Waals surface area contributed by atoms with Gasteiger partial charge in [0, 0.05) is 5.75 Å². The number of rotatable bonds is 7. The Morgan fingerprint density at radius 2 is 2.05 bits per heavy atom. The molecular formula is C15H17NO5S. The van der Waals surface area contributed by atoms with Crippen LogP contribution in [0.3, 0.4) is 0 Å². The SMILES string of the molecule is CCOC(=O)c1ccc(CSC2CC(=O)N2CC(=O)O)cc1. The van der Waals surface area contributed by atoms with Crippen molar-refractivity contribution in [2.45, 2.75) is 24.5 Å². The summed E-state index contributed by atoms with van der Waals surface area (Å²) in [5.41, 5.74) is 1.51. The lowest BCUT2D eigenvalue weighted by Crippen LogP contribution is -2.52. The molecule has 6 nitrogen and oxygen atoms in total. The maximum Gasteiger partial charge on any atom is 0.338 e. The van der Waals surface area contributed by atoms with Crippen LogP contribution in [-0.2, 0) is 20.1 Å². The van der Waals surface area contributed by atoms with Crippen LogP contribution in [0.15, 0.2) is 24.3 Å². The van der Waals surface area contributed by atoms with E-state index in [1.165, 1.54) is 16.7 Å². The topological polar surface area (TPSA) is 83.9 Å². The van der Waals surface area contributed by atoms with Crippen LogP contribution >= 0.6 is 11.8 Å². The van der Waals surface area contributed by atoms with Crippen molar-refractivity contribution < 1.29 is 24.2 Å². The molecule has 22 heavy (non-hydrogen) atoms. The molecule has 1 atom stereocenters. The smallest absolute Gasteiger partial charge is 0.338 e. The highest BCUT2D eigenvalue weighted by molar-refractivity contribution is 7.99. The first-order valence-corrected chi connectivity index (χ1v) is 7.95. The van der Waals surface area contributed by atoms with Gasteiger partial charge in [-0.1, -0.05) is 12.1 Å². The number of carboxylic acid groups (broad SMARTS) is 1. The Balaban J connectivity index is 1.86. The molecule has 0 aromatic heterocycles. The molecule has 2 rings (SSSR count). The average molecular weight is 323 g/mol. The maximum atomic E-state index is 11.5. The molecule has 118 valence electrons. The van der Waals surface area contributed by atoms with E-state index >= 15 is 0 Å². The molecule has 7 heteroatoms. The first kappa shape index (κ1) is 16.4. The van der Waals surface area contributed by atoms with Gasteiger partial charge in [-0.3, -0.25) is 9.59 Å². The highest BCUT2D eigenvalue weighted by Crippen LogP contribution is 2.31. The van der Waals surface area contributed by atoms with E-state index in [9.17, 15) is 14.4 Å². The number of esters is 1. The Morgan fingerprint density at radius 1 is 1.36 bits per heavy atom. The second-order valence-corrected chi connectivity index (χ2v) is 5.97.